The monoisotopic (exact) mass is 225 g/mol. The van der Waals surface area contributed by atoms with Crippen LogP contribution in [0.3, 0.4) is 0 Å². The van der Waals surface area contributed by atoms with Crippen molar-refractivity contribution in [2.45, 2.75) is 46.6 Å². The summed E-state index contributed by atoms with van der Waals surface area (Å²) in [6.07, 6.45) is 2.14. The van der Waals surface area contributed by atoms with Gasteiger partial charge in [0.05, 0.1) is 0 Å². The van der Waals surface area contributed by atoms with E-state index in [0.717, 1.165) is 19.4 Å². The zero-order chi connectivity index (χ0) is 12.1. The Kier molecular flexibility index (Phi) is 2.57. The molecule has 0 aromatic rings. The lowest BCUT2D eigenvalue weighted by atomic mass is 10.0. The summed E-state index contributed by atoms with van der Waals surface area (Å²) in [5.74, 6) is 0.293. The summed E-state index contributed by atoms with van der Waals surface area (Å²) in [5, 5.41) is 12.4. The van der Waals surface area contributed by atoms with Crippen LogP contribution < -0.4 is 5.32 Å². The van der Waals surface area contributed by atoms with Gasteiger partial charge in [0.25, 0.3) is 0 Å². The van der Waals surface area contributed by atoms with Crippen LogP contribution in [0.5, 0.6) is 0 Å². The van der Waals surface area contributed by atoms with Crippen molar-refractivity contribution in [2.24, 2.45) is 22.7 Å². The second kappa shape index (κ2) is 3.46. The zero-order valence-electron chi connectivity index (χ0n) is 10.7. The van der Waals surface area contributed by atoms with Gasteiger partial charge in [-0.15, -0.1) is 0 Å². The van der Waals surface area contributed by atoms with Gasteiger partial charge >= 0.3 is 5.97 Å². The van der Waals surface area contributed by atoms with E-state index in [2.05, 4.69) is 33.0 Å². The quantitative estimate of drug-likeness (QED) is 0.753. The first kappa shape index (κ1) is 11.9. The normalized spacial score (nSPS) is 28.8. The molecule has 2 aliphatic carbocycles. The van der Waals surface area contributed by atoms with Crippen LogP contribution in [0.4, 0.5) is 0 Å². The Hall–Kier alpha value is -0.570. The highest BCUT2D eigenvalue weighted by atomic mass is 16.4. The first-order chi connectivity index (χ1) is 7.28. The van der Waals surface area contributed by atoms with Crippen LogP contribution in [-0.4, -0.2) is 23.7 Å². The van der Waals surface area contributed by atoms with Gasteiger partial charge in [-0.25, -0.2) is 0 Å². The van der Waals surface area contributed by atoms with Gasteiger partial charge < -0.3 is 10.4 Å². The highest BCUT2D eigenvalue weighted by Crippen LogP contribution is 2.68. The molecule has 2 saturated carbocycles. The molecule has 3 nitrogen and oxygen atoms in total. The Labute approximate surface area is 97.6 Å². The van der Waals surface area contributed by atoms with Gasteiger partial charge in [-0.3, -0.25) is 4.79 Å². The average molecular weight is 225 g/mol. The topological polar surface area (TPSA) is 49.3 Å². The molecule has 0 radical (unpaired) electrons. The van der Waals surface area contributed by atoms with Crippen molar-refractivity contribution in [3.63, 3.8) is 0 Å². The number of aliphatic carboxylic acids is 1. The summed E-state index contributed by atoms with van der Waals surface area (Å²) in [6.45, 7) is 9.92. The summed E-state index contributed by atoms with van der Waals surface area (Å²) >= 11 is 0. The van der Waals surface area contributed by atoms with Gasteiger partial charge in [-0.05, 0) is 42.1 Å². The van der Waals surface area contributed by atoms with Crippen molar-refractivity contribution in [3.8, 4) is 0 Å². The minimum atomic E-state index is -0.682. The summed E-state index contributed by atoms with van der Waals surface area (Å²) < 4.78 is 0. The van der Waals surface area contributed by atoms with Crippen LogP contribution in [0.25, 0.3) is 0 Å². The Morgan fingerprint density at radius 1 is 1.31 bits per heavy atom. The maximum Gasteiger partial charge on any atom is 0.320 e. The van der Waals surface area contributed by atoms with Crippen molar-refractivity contribution >= 4 is 5.97 Å². The highest BCUT2D eigenvalue weighted by molar-refractivity contribution is 5.74. The lowest BCUT2D eigenvalue weighted by Crippen LogP contribution is -2.40. The van der Waals surface area contributed by atoms with E-state index < -0.39 is 5.97 Å². The molecule has 2 rings (SSSR count). The molecule has 3 heteroatoms. The maximum atomic E-state index is 11.1. The second-order valence-corrected chi connectivity index (χ2v) is 6.56. The third kappa shape index (κ3) is 1.75. The highest BCUT2D eigenvalue weighted by Gasteiger charge is 2.64. The summed E-state index contributed by atoms with van der Waals surface area (Å²) in [5.41, 5.74) is 0.680. The molecule has 2 aliphatic rings. The van der Waals surface area contributed by atoms with E-state index in [1.807, 2.05) is 0 Å². The van der Waals surface area contributed by atoms with Gasteiger partial charge in [0, 0.05) is 0 Å². The molecule has 1 unspecified atom stereocenters. The summed E-state index contributed by atoms with van der Waals surface area (Å²) in [4.78, 5) is 11.1. The van der Waals surface area contributed by atoms with Gasteiger partial charge in [0.2, 0.25) is 0 Å². The number of hydrogen-bond acceptors (Lipinski definition) is 2. The number of hydrogen-bond donors (Lipinski definition) is 2. The van der Waals surface area contributed by atoms with Crippen LogP contribution in [0.15, 0.2) is 0 Å². The standard InChI is InChI=1S/C13H23NO2/c1-12(2)9(13(12,3)4)7-14-10(11(15)16)8-5-6-8/h8-10,14H,5-7H2,1-4H3,(H,15,16). The fourth-order valence-electron chi connectivity index (χ4n) is 2.97. The molecule has 2 fully saturated rings. The third-order valence-corrected chi connectivity index (χ3v) is 5.22. The number of carboxylic acid groups (broad SMARTS) is 1. The Bertz CT molecular complexity index is 291. The lowest BCUT2D eigenvalue weighted by molar-refractivity contribution is -0.140. The Balaban J connectivity index is 1.86. The van der Waals surface area contributed by atoms with E-state index in [9.17, 15) is 4.79 Å². The molecule has 0 aliphatic heterocycles. The van der Waals surface area contributed by atoms with Crippen LogP contribution in [0.2, 0.25) is 0 Å². The molecule has 0 aromatic heterocycles. The molecular weight excluding hydrogens is 202 g/mol. The Morgan fingerprint density at radius 2 is 1.81 bits per heavy atom. The lowest BCUT2D eigenvalue weighted by Gasteiger charge is -2.14. The molecular formula is C13H23NO2. The SMILES string of the molecule is CC1(C)C(CNC(C(=O)O)C2CC2)C1(C)C. The Morgan fingerprint density at radius 3 is 2.12 bits per heavy atom. The number of rotatable bonds is 5. The van der Waals surface area contributed by atoms with E-state index in [1.54, 1.807) is 0 Å². The van der Waals surface area contributed by atoms with Gasteiger partial charge in [0.1, 0.15) is 6.04 Å². The fraction of sp³-hybridized carbons (Fsp3) is 0.923. The fourth-order valence-corrected chi connectivity index (χ4v) is 2.97. The molecule has 1 atom stereocenters. The van der Waals surface area contributed by atoms with E-state index in [1.165, 1.54) is 0 Å². The van der Waals surface area contributed by atoms with Crippen LogP contribution in [0, 0.1) is 22.7 Å². The number of carboxylic acids is 1. The van der Waals surface area contributed by atoms with E-state index >= 15 is 0 Å². The van der Waals surface area contributed by atoms with Crippen LogP contribution >= 0.6 is 0 Å². The predicted molar refractivity (Wildman–Crippen MR) is 63.2 cm³/mol. The smallest absolute Gasteiger partial charge is 0.320 e. The third-order valence-electron chi connectivity index (χ3n) is 5.22. The van der Waals surface area contributed by atoms with Crippen molar-refractivity contribution in [3.05, 3.63) is 0 Å². The second-order valence-electron chi connectivity index (χ2n) is 6.56. The van der Waals surface area contributed by atoms with Crippen molar-refractivity contribution < 1.29 is 9.90 Å². The molecule has 0 heterocycles. The van der Waals surface area contributed by atoms with Gasteiger partial charge in [-0.1, -0.05) is 27.7 Å². The first-order valence-electron chi connectivity index (χ1n) is 6.24. The van der Waals surface area contributed by atoms with Gasteiger partial charge in [0.15, 0.2) is 0 Å². The molecule has 0 amide bonds. The molecule has 92 valence electrons. The number of carbonyl (C=O) groups is 1. The van der Waals surface area contributed by atoms with Gasteiger partial charge in [-0.2, -0.15) is 0 Å². The molecule has 0 bridgehead atoms. The summed E-state index contributed by atoms with van der Waals surface area (Å²) in [6, 6.07) is -0.313. The van der Waals surface area contributed by atoms with E-state index in [-0.39, 0.29) is 6.04 Å². The average Bonchev–Trinajstić information content (AvgIpc) is 2.99. The molecule has 0 spiro atoms. The van der Waals surface area contributed by atoms with Crippen molar-refractivity contribution in [2.75, 3.05) is 6.54 Å². The van der Waals surface area contributed by atoms with Crippen molar-refractivity contribution in [1.82, 2.24) is 5.32 Å². The minimum Gasteiger partial charge on any atom is -0.480 e. The van der Waals surface area contributed by atoms with Crippen LogP contribution in [0.1, 0.15) is 40.5 Å². The van der Waals surface area contributed by atoms with E-state index in [4.69, 9.17) is 5.11 Å². The van der Waals surface area contributed by atoms with Crippen LogP contribution in [-0.2, 0) is 4.79 Å². The minimum absolute atomic E-state index is 0.313. The first-order valence-corrected chi connectivity index (χ1v) is 6.24. The number of nitrogens with one attached hydrogen (secondary N) is 1. The molecule has 16 heavy (non-hydrogen) atoms. The molecule has 0 aromatic carbocycles. The zero-order valence-corrected chi connectivity index (χ0v) is 10.7. The summed E-state index contributed by atoms with van der Waals surface area (Å²) in [7, 11) is 0. The maximum absolute atomic E-state index is 11.1. The van der Waals surface area contributed by atoms with Crippen molar-refractivity contribution in [1.29, 1.82) is 0 Å². The molecule has 0 saturated heterocycles. The van der Waals surface area contributed by atoms with E-state index in [0.29, 0.717) is 22.7 Å². The predicted octanol–water partition coefficient (Wildman–Crippen LogP) is 2.12. The largest absolute Gasteiger partial charge is 0.480 e. The molecule has 2 N–H and O–H groups in total.